The SMILES string of the molecule is COC(=O)C(NC(=O)c1ccc2c(c1)OCCCO2)c1cncn1C. The van der Waals surface area contributed by atoms with Crippen LogP contribution in [0.4, 0.5) is 0 Å². The number of esters is 1. The van der Waals surface area contributed by atoms with Gasteiger partial charge in [-0.1, -0.05) is 0 Å². The van der Waals surface area contributed by atoms with Crippen molar-refractivity contribution in [2.75, 3.05) is 20.3 Å². The number of nitrogens with zero attached hydrogens (tertiary/aromatic N) is 2. The van der Waals surface area contributed by atoms with E-state index in [9.17, 15) is 9.59 Å². The number of benzene rings is 1. The minimum absolute atomic E-state index is 0.361. The highest BCUT2D eigenvalue weighted by atomic mass is 16.5. The van der Waals surface area contributed by atoms with Crippen molar-refractivity contribution in [1.29, 1.82) is 0 Å². The molecule has 0 aliphatic carbocycles. The number of methoxy groups -OCH3 is 1. The quantitative estimate of drug-likeness (QED) is 0.838. The van der Waals surface area contributed by atoms with Gasteiger partial charge in [-0.2, -0.15) is 0 Å². The molecule has 1 unspecified atom stereocenters. The van der Waals surface area contributed by atoms with E-state index in [1.165, 1.54) is 13.3 Å². The Morgan fingerprint density at radius 3 is 2.72 bits per heavy atom. The van der Waals surface area contributed by atoms with Crippen molar-refractivity contribution >= 4 is 11.9 Å². The van der Waals surface area contributed by atoms with E-state index in [1.807, 2.05) is 0 Å². The molecule has 2 heterocycles. The predicted octanol–water partition coefficient (Wildman–Crippen LogP) is 1.23. The third kappa shape index (κ3) is 3.57. The maximum atomic E-state index is 12.6. The Morgan fingerprint density at radius 2 is 2.04 bits per heavy atom. The fourth-order valence-electron chi connectivity index (χ4n) is 2.54. The van der Waals surface area contributed by atoms with Gasteiger partial charge in [0.1, 0.15) is 0 Å². The van der Waals surface area contributed by atoms with E-state index < -0.39 is 17.9 Å². The Balaban J connectivity index is 1.83. The molecule has 3 rings (SSSR count). The Bertz CT molecular complexity index is 786. The average Bonchev–Trinajstić information content (AvgIpc) is 2.91. The standard InChI is InChI=1S/C17H19N3O5/c1-20-10-18-9-12(20)15(17(22)23-2)19-16(21)11-4-5-13-14(8-11)25-7-3-6-24-13/h4-5,8-10,15H,3,6-7H2,1-2H3,(H,19,21). The first-order valence-electron chi connectivity index (χ1n) is 7.84. The Morgan fingerprint density at radius 1 is 1.28 bits per heavy atom. The molecule has 0 bridgehead atoms. The zero-order valence-corrected chi connectivity index (χ0v) is 14.0. The van der Waals surface area contributed by atoms with Crippen LogP contribution in [0.25, 0.3) is 0 Å². The Hall–Kier alpha value is -3.03. The van der Waals surface area contributed by atoms with Gasteiger partial charge in [0.25, 0.3) is 5.91 Å². The van der Waals surface area contributed by atoms with Crippen molar-refractivity contribution < 1.29 is 23.8 Å². The van der Waals surface area contributed by atoms with Crippen LogP contribution in [0.1, 0.15) is 28.5 Å². The first-order valence-corrected chi connectivity index (χ1v) is 7.84. The number of amides is 1. The van der Waals surface area contributed by atoms with Crippen LogP contribution in [-0.2, 0) is 16.6 Å². The number of carbonyl (C=O) groups excluding carboxylic acids is 2. The smallest absolute Gasteiger partial charge is 0.334 e. The van der Waals surface area contributed by atoms with Gasteiger partial charge in [0.05, 0.1) is 38.5 Å². The lowest BCUT2D eigenvalue weighted by Gasteiger charge is -2.17. The lowest BCUT2D eigenvalue weighted by molar-refractivity contribution is -0.143. The van der Waals surface area contributed by atoms with E-state index in [2.05, 4.69) is 10.3 Å². The van der Waals surface area contributed by atoms with Crippen molar-refractivity contribution in [3.8, 4) is 11.5 Å². The second kappa shape index (κ2) is 7.25. The molecule has 8 nitrogen and oxygen atoms in total. The van der Waals surface area contributed by atoms with Crippen molar-refractivity contribution in [3.63, 3.8) is 0 Å². The first-order chi connectivity index (χ1) is 12.1. The summed E-state index contributed by atoms with van der Waals surface area (Å²) in [5.41, 5.74) is 0.884. The first kappa shape index (κ1) is 16.8. The molecular formula is C17H19N3O5. The topological polar surface area (TPSA) is 91.7 Å². The normalized spacial score (nSPS) is 14.3. The Kier molecular flexibility index (Phi) is 4.87. The van der Waals surface area contributed by atoms with Gasteiger partial charge in [-0.25, -0.2) is 9.78 Å². The van der Waals surface area contributed by atoms with Crippen molar-refractivity contribution in [1.82, 2.24) is 14.9 Å². The minimum Gasteiger partial charge on any atom is -0.490 e. The Labute approximate surface area is 144 Å². The van der Waals surface area contributed by atoms with Gasteiger partial charge < -0.3 is 24.1 Å². The third-order valence-corrected chi connectivity index (χ3v) is 3.87. The van der Waals surface area contributed by atoms with Crippen molar-refractivity contribution in [2.45, 2.75) is 12.5 Å². The van der Waals surface area contributed by atoms with Gasteiger partial charge in [-0.3, -0.25) is 4.79 Å². The van der Waals surface area contributed by atoms with Crippen LogP contribution in [0.15, 0.2) is 30.7 Å². The van der Waals surface area contributed by atoms with Crippen LogP contribution in [0, 0.1) is 0 Å². The number of hydrogen-bond donors (Lipinski definition) is 1. The van der Waals surface area contributed by atoms with E-state index in [0.717, 1.165) is 6.42 Å². The average molecular weight is 345 g/mol. The molecular weight excluding hydrogens is 326 g/mol. The fourth-order valence-corrected chi connectivity index (χ4v) is 2.54. The molecule has 8 heteroatoms. The number of fused-ring (bicyclic) bond motifs is 1. The van der Waals surface area contributed by atoms with Crippen LogP contribution < -0.4 is 14.8 Å². The van der Waals surface area contributed by atoms with E-state index in [0.29, 0.717) is 36.0 Å². The third-order valence-electron chi connectivity index (χ3n) is 3.87. The molecule has 0 radical (unpaired) electrons. The number of hydrogen-bond acceptors (Lipinski definition) is 6. The summed E-state index contributed by atoms with van der Waals surface area (Å²) >= 11 is 0. The van der Waals surface area contributed by atoms with Gasteiger partial charge in [0.2, 0.25) is 0 Å². The predicted molar refractivity (Wildman–Crippen MR) is 87.5 cm³/mol. The van der Waals surface area contributed by atoms with Gasteiger partial charge in [0.15, 0.2) is 17.5 Å². The second-order valence-electron chi connectivity index (χ2n) is 5.57. The highest BCUT2D eigenvalue weighted by molar-refractivity contribution is 5.97. The molecule has 132 valence electrons. The summed E-state index contributed by atoms with van der Waals surface area (Å²) in [5.74, 6) is 0.115. The number of aromatic nitrogens is 2. The molecule has 0 saturated carbocycles. The molecule has 0 saturated heterocycles. The highest BCUT2D eigenvalue weighted by Gasteiger charge is 2.27. The molecule has 0 spiro atoms. The summed E-state index contributed by atoms with van der Waals surface area (Å²) in [6.45, 7) is 1.10. The molecule has 1 aromatic carbocycles. The monoisotopic (exact) mass is 345 g/mol. The summed E-state index contributed by atoms with van der Waals surface area (Å²) in [7, 11) is 3.00. The van der Waals surface area contributed by atoms with Crippen molar-refractivity contribution in [2.24, 2.45) is 7.05 Å². The maximum absolute atomic E-state index is 12.6. The molecule has 25 heavy (non-hydrogen) atoms. The number of carbonyl (C=O) groups is 2. The lowest BCUT2D eigenvalue weighted by atomic mass is 10.1. The van der Waals surface area contributed by atoms with E-state index in [4.69, 9.17) is 14.2 Å². The number of rotatable bonds is 4. The van der Waals surface area contributed by atoms with E-state index >= 15 is 0 Å². The van der Waals surface area contributed by atoms with Crippen molar-refractivity contribution in [3.05, 3.63) is 42.0 Å². The molecule has 0 fully saturated rings. The molecule has 1 aliphatic heterocycles. The van der Waals surface area contributed by atoms with Gasteiger partial charge in [0, 0.05) is 19.0 Å². The highest BCUT2D eigenvalue weighted by Crippen LogP contribution is 2.30. The maximum Gasteiger partial charge on any atom is 0.334 e. The molecule has 1 amide bonds. The molecule has 2 aromatic rings. The van der Waals surface area contributed by atoms with Crippen LogP contribution in [0.3, 0.4) is 0 Å². The molecule has 1 aromatic heterocycles. The molecule has 1 atom stereocenters. The fraction of sp³-hybridized carbons (Fsp3) is 0.353. The largest absolute Gasteiger partial charge is 0.490 e. The zero-order valence-electron chi connectivity index (χ0n) is 14.0. The molecule has 1 N–H and O–H groups in total. The number of ether oxygens (including phenoxy) is 3. The number of imidazole rings is 1. The summed E-state index contributed by atoms with van der Waals surface area (Å²) < 4.78 is 17.6. The number of aryl methyl sites for hydroxylation is 1. The minimum atomic E-state index is -0.957. The summed E-state index contributed by atoms with van der Waals surface area (Å²) in [6.07, 6.45) is 3.84. The summed E-state index contributed by atoms with van der Waals surface area (Å²) in [5, 5.41) is 2.68. The second-order valence-corrected chi connectivity index (χ2v) is 5.57. The van der Waals surface area contributed by atoms with Gasteiger partial charge in [-0.15, -0.1) is 0 Å². The van der Waals surface area contributed by atoms with Crippen LogP contribution in [-0.4, -0.2) is 41.8 Å². The van der Waals surface area contributed by atoms with E-state index in [-0.39, 0.29) is 0 Å². The summed E-state index contributed by atoms with van der Waals surface area (Å²) in [6, 6.07) is 3.96. The van der Waals surface area contributed by atoms with Gasteiger partial charge >= 0.3 is 5.97 Å². The lowest BCUT2D eigenvalue weighted by Crippen LogP contribution is -2.35. The number of nitrogens with one attached hydrogen (secondary N) is 1. The summed E-state index contributed by atoms with van der Waals surface area (Å²) in [4.78, 5) is 28.7. The van der Waals surface area contributed by atoms with Crippen LogP contribution in [0.5, 0.6) is 11.5 Å². The van der Waals surface area contributed by atoms with E-state index in [1.54, 1.807) is 36.1 Å². The van der Waals surface area contributed by atoms with Crippen LogP contribution >= 0.6 is 0 Å². The zero-order chi connectivity index (χ0) is 17.8. The van der Waals surface area contributed by atoms with Gasteiger partial charge in [-0.05, 0) is 18.2 Å². The van der Waals surface area contributed by atoms with Crippen LogP contribution in [0.2, 0.25) is 0 Å². The molecule has 1 aliphatic rings.